The molecule has 79 heavy (non-hydrogen) atoms. The van der Waals surface area contributed by atoms with Crippen molar-refractivity contribution in [1.29, 1.82) is 0 Å². The molecule has 0 aliphatic carbocycles. The van der Waals surface area contributed by atoms with Crippen LogP contribution in [-0.4, -0.2) is 140 Å². The molecule has 0 saturated carbocycles. The molecular formula is C58H61F2N13O6. The molecule has 8 aromatic rings. The second-order valence-corrected chi connectivity index (χ2v) is 21.1. The van der Waals surface area contributed by atoms with E-state index in [0.29, 0.717) is 97.3 Å². The van der Waals surface area contributed by atoms with E-state index in [1.807, 2.05) is 59.1 Å². The lowest BCUT2D eigenvalue weighted by Crippen LogP contribution is -2.53. The number of fused-ring (bicyclic) bond motifs is 4. The molecular weight excluding hydrogens is 1010 g/mol. The van der Waals surface area contributed by atoms with Crippen LogP contribution in [0.25, 0.3) is 33.8 Å². The fourth-order valence-corrected chi connectivity index (χ4v) is 11.5. The number of amides is 2. The van der Waals surface area contributed by atoms with E-state index in [0.717, 1.165) is 97.5 Å². The van der Waals surface area contributed by atoms with E-state index in [2.05, 4.69) is 55.9 Å². The number of pyridine rings is 4. The van der Waals surface area contributed by atoms with Crippen LogP contribution in [-0.2, 0) is 22.6 Å². The lowest BCUT2D eigenvalue weighted by molar-refractivity contribution is -0.0472. The van der Waals surface area contributed by atoms with Crippen molar-refractivity contribution in [3.05, 3.63) is 143 Å². The quantitative estimate of drug-likeness (QED) is 0.0728. The molecule has 2 aromatic carbocycles. The van der Waals surface area contributed by atoms with Crippen molar-refractivity contribution in [2.45, 2.75) is 56.9 Å². The van der Waals surface area contributed by atoms with Gasteiger partial charge >= 0.3 is 0 Å². The molecule has 5 aliphatic rings. The maximum Gasteiger partial charge on any atom is 0.254 e. The largest absolute Gasteiger partial charge is 0.388 e. The van der Waals surface area contributed by atoms with Crippen LogP contribution in [0.2, 0.25) is 0 Å². The number of hydrogen-bond acceptors (Lipinski definition) is 15. The lowest BCUT2D eigenvalue weighted by Gasteiger charge is -2.42. The number of methoxy groups -OCH3 is 1. The monoisotopic (exact) mass is 1070 g/mol. The smallest absolute Gasteiger partial charge is 0.254 e. The first kappa shape index (κ1) is 51.7. The Labute approximate surface area is 454 Å². The van der Waals surface area contributed by atoms with Crippen LogP contribution in [0.5, 0.6) is 0 Å². The van der Waals surface area contributed by atoms with Crippen LogP contribution < -0.4 is 31.1 Å². The number of rotatable bonds is 12. The van der Waals surface area contributed by atoms with Crippen molar-refractivity contribution in [2.75, 3.05) is 93.2 Å². The van der Waals surface area contributed by atoms with Gasteiger partial charge < -0.3 is 50.8 Å². The SMILES string of the molecule is COCC1(O)CCN(c2ccc(Nc3ccc(-c4cnc5cc(F)ccn45)c4c3C(=O)NC4)nc2)CC1.Cc1ccn2c(-c3ccc(Nc4ccc(N5CCC(O)(CN6CCOCC6)CC5)cn4)c4c3CNC4=O)cnc2c1F. The number of ether oxygens (including phenoxy) is 2. The van der Waals surface area contributed by atoms with Gasteiger partial charge in [-0.15, -0.1) is 0 Å². The molecule has 0 bridgehead atoms. The number of halogens is 2. The third-order valence-corrected chi connectivity index (χ3v) is 15.9. The van der Waals surface area contributed by atoms with Crippen molar-refractivity contribution in [2.24, 2.45) is 0 Å². The highest BCUT2D eigenvalue weighted by Crippen LogP contribution is 2.38. The van der Waals surface area contributed by atoms with E-state index in [1.165, 1.54) is 12.1 Å². The summed E-state index contributed by atoms with van der Waals surface area (Å²) in [6, 6.07) is 19.9. The van der Waals surface area contributed by atoms with Gasteiger partial charge in [0.25, 0.3) is 11.8 Å². The number of anilines is 6. The minimum atomic E-state index is -0.771. The topological polar surface area (TPSA) is 211 Å². The van der Waals surface area contributed by atoms with Gasteiger partial charge in [0, 0.05) is 95.6 Å². The summed E-state index contributed by atoms with van der Waals surface area (Å²) < 4.78 is 42.4. The van der Waals surface area contributed by atoms with Crippen LogP contribution in [0, 0.1) is 18.6 Å². The highest BCUT2D eigenvalue weighted by molar-refractivity contribution is 6.07. The van der Waals surface area contributed by atoms with Gasteiger partial charge in [-0.1, -0.05) is 12.1 Å². The van der Waals surface area contributed by atoms with Gasteiger partial charge in [-0.2, -0.15) is 0 Å². The first-order valence-corrected chi connectivity index (χ1v) is 26.7. The molecule has 3 saturated heterocycles. The number of aliphatic hydroxyl groups is 2. The summed E-state index contributed by atoms with van der Waals surface area (Å²) in [7, 11) is 1.61. The molecule has 3 fully saturated rings. The van der Waals surface area contributed by atoms with Gasteiger partial charge in [0.15, 0.2) is 11.5 Å². The van der Waals surface area contributed by atoms with E-state index < -0.39 is 11.2 Å². The number of nitrogens with zero attached hydrogens (tertiary/aromatic N) is 9. The Bertz CT molecular complexity index is 3590. The second kappa shape index (κ2) is 21.3. The number of β-amino-alcohol motifs (C(OH)–C–C–N with tert-alkyl or cyclic N) is 1. The number of aryl methyl sites for hydroxylation is 1. The van der Waals surface area contributed by atoms with Gasteiger partial charge in [0.2, 0.25) is 0 Å². The molecule has 0 spiro atoms. The highest BCUT2D eigenvalue weighted by atomic mass is 19.1. The fraction of sp³-hybridized carbons (Fsp3) is 0.345. The number of nitrogens with one attached hydrogen (secondary N) is 4. The minimum absolute atomic E-state index is 0.160. The van der Waals surface area contributed by atoms with Gasteiger partial charge in [-0.05, 0) is 97.8 Å². The molecule has 408 valence electrons. The molecule has 6 N–H and O–H groups in total. The predicted molar refractivity (Wildman–Crippen MR) is 295 cm³/mol. The van der Waals surface area contributed by atoms with E-state index in [9.17, 15) is 28.6 Å². The van der Waals surface area contributed by atoms with Crippen molar-refractivity contribution >= 4 is 57.5 Å². The first-order valence-electron chi connectivity index (χ1n) is 26.7. The Hall–Kier alpha value is -8.08. The molecule has 6 aromatic heterocycles. The van der Waals surface area contributed by atoms with E-state index in [4.69, 9.17) is 9.47 Å². The summed E-state index contributed by atoms with van der Waals surface area (Å²) in [5, 5.41) is 34.2. The Morgan fingerprint density at radius 1 is 0.658 bits per heavy atom. The average Bonchev–Trinajstić information content (AvgIpc) is 4.39. The van der Waals surface area contributed by atoms with Gasteiger partial charge in [-0.3, -0.25) is 23.3 Å². The van der Waals surface area contributed by atoms with E-state index in [-0.39, 0.29) is 29.1 Å². The minimum Gasteiger partial charge on any atom is -0.388 e. The van der Waals surface area contributed by atoms with Crippen molar-refractivity contribution < 1.29 is 38.1 Å². The Morgan fingerprint density at radius 2 is 1.20 bits per heavy atom. The van der Waals surface area contributed by atoms with Crippen LogP contribution >= 0.6 is 0 Å². The molecule has 21 heteroatoms. The Balaban J connectivity index is 0.000000159. The lowest BCUT2D eigenvalue weighted by atomic mass is 9.90. The molecule has 0 unspecified atom stereocenters. The van der Waals surface area contributed by atoms with Gasteiger partial charge in [-0.25, -0.2) is 28.7 Å². The maximum atomic E-state index is 14.7. The standard InChI is InChI=1S/C31H34FN7O3.C27H27FN6O3/c1-20-6-9-39-25(18-34-29(39)28(20)32)22-3-4-24(27-23(22)17-35-30(27)40)36-26-5-2-21(16-33-26)38-10-7-31(41,8-11-38)19-37-12-14-42-15-13-37;1-37-16-27(36)7-10-33(11-8-27)18-2-5-23(29-13-18)32-21-4-3-19(20-14-31-26(35)25(20)21)22-15-30-24-12-17(28)6-9-34(22)24/h2-6,9,16,18,41H,7-8,10-15,17,19H2,1H3,(H,33,36)(H,35,40);2-6,9,12-13,15,36H,7-8,10-11,14,16H2,1H3,(H,29,32)(H,31,35). The molecule has 5 aliphatic heterocycles. The van der Waals surface area contributed by atoms with Gasteiger partial charge in [0.1, 0.15) is 23.1 Å². The van der Waals surface area contributed by atoms with E-state index >= 15 is 0 Å². The number of carbonyl (C=O) groups excluding carboxylic acids is 2. The zero-order chi connectivity index (χ0) is 54.4. The average molecular weight is 1070 g/mol. The number of piperidine rings is 2. The van der Waals surface area contributed by atoms with Crippen LogP contribution in [0.1, 0.15) is 63.1 Å². The first-order chi connectivity index (χ1) is 38.3. The third kappa shape index (κ3) is 10.3. The predicted octanol–water partition coefficient (Wildman–Crippen LogP) is 6.99. The molecule has 11 heterocycles. The Kier molecular flexibility index (Phi) is 13.9. The fourth-order valence-electron chi connectivity index (χ4n) is 11.5. The summed E-state index contributed by atoms with van der Waals surface area (Å²) in [5.41, 5.74) is 9.16. The molecule has 2 amide bonds. The molecule has 13 rings (SSSR count). The summed E-state index contributed by atoms with van der Waals surface area (Å²) >= 11 is 0. The number of carbonyl (C=O) groups is 2. The normalized spacial score (nSPS) is 17.7. The number of benzene rings is 2. The highest BCUT2D eigenvalue weighted by Gasteiger charge is 2.36. The summed E-state index contributed by atoms with van der Waals surface area (Å²) in [5.74, 6) is 0.221. The van der Waals surface area contributed by atoms with Crippen LogP contribution in [0.15, 0.2) is 104 Å². The Morgan fingerprint density at radius 3 is 1.76 bits per heavy atom. The molecule has 0 atom stereocenters. The van der Waals surface area contributed by atoms with Crippen LogP contribution in [0.4, 0.5) is 43.2 Å². The van der Waals surface area contributed by atoms with Crippen molar-refractivity contribution in [3.63, 3.8) is 0 Å². The number of morpholine rings is 1. The summed E-state index contributed by atoms with van der Waals surface area (Å²) in [4.78, 5) is 50.3. The van der Waals surface area contributed by atoms with E-state index in [1.54, 1.807) is 55.5 Å². The van der Waals surface area contributed by atoms with Crippen molar-refractivity contribution in [3.8, 4) is 22.5 Å². The molecule has 19 nitrogen and oxygen atoms in total. The van der Waals surface area contributed by atoms with Gasteiger partial charge in [0.05, 0.1) is 101 Å². The zero-order valence-corrected chi connectivity index (χ0v) is 43.9. The number of imidazole rings is 2. The summed E-state index contributed by atoms with van der Waals surface area (Å²) in [6.07, 6.45) is 13.1. The second-order valence-electron chi connectivity index (χ2n) is 21.1. The maximum absolute atomic E-state index is 14.7. The number of aromatic nitrogens is 6. The van der Waals surface area contributed by atoms with Crippen molar-refractivity contribution in [1.82, 2.24) is 44.3 Å². The van der Waals surface area contributed by atoms with Crippen LogP contribution in [0.3, 0.4) is 0 Å². The molecule has 0 radical (unpaired) electrons. The number of hydrogen-bond donors (Lipinski definition) is 6. The zero-order valence-electron chi connectivity index (χ0n) is 43.9. The summed E-state index contributed by atoms with van der Waals surface area (Å²) in [6.45, 7) is 9.69. The third-order valence-electron chi connectivity index (χ3n) is 15.9.